The number of rotatable bonds is 5. The molecule has 2 unspecified atom stereocenters. The fourth-order valence-corrected chi connectivity index (χ4v) is 3.20. The van der Waals surface area contributed by atoms with E-state index in [9.17, 15) is 4.79 Å². The van der Waals surface area contributed by atoms with Crippen LogP contribution in [-0.2, 0) is 0 Å². The number of amides is 1. The smallest absolute Gasteiger partial charge is 0.250 e. The van der Waals surface area contributed by atoms with Crippen molar-refractivity contribution in [3.8, 4) is 0 Å². The van der Waals surface area contributed by atoms with E-state index in [1.54, 1.807) is 18.2 Å². The van der Waals surface area contributed by atoms with Crippen LogP contribution in [0.25, 0.3) is 0 Å². The Morgan fingerprint density at radius 2 is 2.20 bits per heavy atom. The maximum atomic E-state index is 11.4. The number of para-hydroxylation sites is 1. The largest absolute Gasteiger partial charge is 0.397 e. The van der Waals surface area contributed by atoms with E-state index >= 15 is 0 Å². The summed E-state index contributed by atoms with van der Waals surface area (Å²) in [6.45, 7) is 3.17. The fraction of sp³-hybridized carbons (Fsp3) is 0.562. The van der Waals surface area contributed by atoms with Gasteiger partial charge in [-0.25, -0.2) is 0 Å². The van der Waals surface area contributed by atoms with Crippen LogP contribution in [0, 0.1) is 11.8 Å². The molecule has 1 aliphatic rings. The standard InChI is InChI=1S/C16H25N3O/c1-11-4-2-5-12(10-11)8-9-19-15-13(16(18)20)6-3-7-14(15)17/h3,6-7,11-12,19H,2,4-5,8-10,17H2,1H3,(H2,18,20). The number of hydrogen-bond donors (Lipinski definition) is 3. The zero-order chi connectivity index (χ0) is 14.5. The monoisotopic (exact) mass is 275 g/mol. The molecule has 2 atom stereocenters. The molecule has 0 aromatic heterocycles. The summed E-state index contributed by atoms with van der Waals surface area (Å²) in [6, 6.07) is 5.25. The third-order valence-electron chi connectivity index (χ3n) is 4.26. The van der Waals surface area contributed by atoms with Gasteiger partial charge >= 0.3 is 0 Å². The van der Waals surface area contributed by atoms with Crippen molar-refractivity contribution in [2.24, 2.45) is 17.6 Å². The van der Waals surface area contributed by atoms with Crippen molar-refractivity contribution in [2.45, 2.75) is 39.0 Å². The van der Waals surface area contributed by atoms with Gasteiger partial charge in [0.1, 0.15) is 0 Å². The Balaban J connectivity index is 1.92. The molecule has 0 heterocycles. The molecule has 20 heavy (non-hydrogen) atoms. The van der Waals surface area contributed by atoms with Gasteiger partial charge < -0.3 is 16.8 Å². The zero-order valence-electron chi connectivity index (χ0n) is 12.2. The molecule has 110 valence electrons. The summed E-state index contributed by atoms with van der Waals surface area (Å²) >= 11 is 0. The number of nitrogens with one attached hydrogen (secondary N) is 1. The molecule has 1 aliphatic carbocycles. The van der Waals surface area contributed by atoms with Gasteiger partial charge in [-0.05, 0) is 36.8 Å². The minimum absolute atomic E-state index is 0.439. The van der Waals surface area contributed by atoms with E-state index in [1.165, 1.54) is 25.7 Å². The van der Waals surface area contributed by atoms with Crippen LogP contribution in [0.4, 0.5) is 11.4 Å². The molecule has 1 saturated carbocycles. The summed E-state index contributed by atoms with van der Waals surface area (Å²) in [5.74, 6) is 1.19. The quantitative estimate of drug-likeness (QED) is 0.722. The van der Waals surface area contributed by atoms with Crippen molar-refractivity contribution in [1.29, 1.82) is 0 Å². The zero-order valence-corrected chi connectivity index (χ0v) is 12.2. The van der Waals surface area contributed by atoms with Crippen LogP contribution in [0.3, 0.4) is 0 Å². The first-order chi connectivity index (χ1) is 9.58. The predicted molar refractivity (Wildman–Crippen MR) is 83.6 cm³/mol. The van der Waals surface area contributed by atoms with Crippen LogP contribution in [0.1, 0.15) is 49.4 Å². The van der Waals surface area contributed by atoms with Crippen LogP contribution in [-0.4, -0.2) is 12.5 Å². The molecule has 0 spiro atoms. The van der Waals surface area contributed by atoms with Crippen molar-refractivity contribution < 1.29 is 4.79 Å². The number of nitrogens with two attached hydrogens (primary N) is 2. The van der Waals surface area contributed by atoms with Crippen molar-refractivity contribution in [3.63, 3.8) is 0 Å². The Bertz CT molecular complexity index is 473. The third kappa shape index (κ3) is 3.65. The summed E-state index contributed by atoms with van der Waals surface area (Å²) in [5, 5.41) is 3.30. The number of carbonyl (C=O) groups excluding carboxylic acids is 1. The van der Waals surface area contributed by atoms with E-state index in [4.69, 9.17) is 11.5 Å². The number of primary amides is 1. The molecule has 0 aliphatic heterocycles. The number of benzene rings is 1. The average molecular weight is 275 g/mol. The normalized spacial score (nSPS) is 22.4. The summed E-state index contributed by atoms with van der Waals surface area (Å²) in [5.41, 5.74) is 13.1. The van der Waals surface area contributed by atoms with E-state index in [2.05, 4.69) is 12.2 Å². The van der Waals surface area contributed by atoms with E-state index in [-0.39, 0.29) is 0 Å². The Kier molecular flexibility index (Phi) is 4.88. The number of carbonyl (C=O) groups is 1. The van der Waals surface area contributed by atoms with E-state index < -0.39 is 5.91 Å². The summed E-state index contributed by atoms with van der Waals surface area (Å²) in [7, 11) is 0. The topological polar surface area (TPSA) is 81.1 Å². The SMILES string of the molecule is CC1CCCC(CCNc2c(N)cccc2C(N)=O)C1. The van der Waals surface area contributed by atoms with Gasteiger partial charge in [-0.15, -0.1) is 0 Å². The van der Waals surface area contributed by atoms with Gasteiger partial charge in [0.2, 0.25) is 0 Å². The molecule has 4 heteroatoms. The first kappa shape index (κ1) is 14.7. The molecule has 0 saturated heterocycles. The molecule has 2 rings (SSSR count). The highest BCUT2D eigenvalue weighted by atomic mass is 16.1. The summed E-state index contributed by atoms with van der Waals surface area (Å²) in [4.78, 5) is 11.4. The molecule has 1 aromatic rings. The van der Waals surface area contributed by atoms with Crippen molar-refractivity contribution in [2.75, 3.05) is 17.6 Å². The first-order valence-corrected chi connectivity index (χ1v) is 7.50. The van der Waals surface area contributed by atoms with Crippen molar-refractivity contribution in [3.05, 3.63) is 23.8 Å². The van der Waals surface area contributed by atoms with Gasteiger partial charge in [-0.1, -0.05) is 32.3 Å². The summed E-state index contributed by atoms with van der Waals surface area (Å²) in [6.07, 6.45) is 6.46. The molecule has 1 fully saturated rings. The summed E-state index contributed by atoms with van der Waals surface area (Å²) < 4.78 is 0. The van der Waals surface area contributed by atoms with Crippen molar-refractivity contribution in [1.82, 2.24) is 0 Å². The van der Waals surface area contributed by atoms with Crippen LogP contribution < -0.4 is 16.8 Å². The second-order valence-electron chi connectivity index (χ2n) is 5.99. The van der Waals surface area contributed by atoms with Crippen LogP contribution in [0.2, 0.25) is 0 Å². The lowest BCUT2D eigenvalue weighted by molar-refractivity contribution is 0.100. The van der Waals surface area contributed by atoms with Crippen LogP contribution in [0.5, 0.6) is 0 Å². The number of anilines is 2. The maximum Gasteiger partial charge on any atom is 0.250 e. The molecule has 0 radical (unpaired) electrons. The van der Waals surface area contributed by atoms with Gasteiger partial charge in [-0.2, -0.15) is 0 Å². The lowest BCUT2D eigenvalue weighted by Crippen LogP contribution is -2.19. The lowest BCUT2D eigenvalue weighted by Gasteiger charge is -2.27. The highest BCUT2D eigenvalue weighted by molar-refractivity contribution is 6.01. The maximum absolute atomic E-state index is 11.4. The van der Waals surface area contributed by atoms with Gasteiger partial charge in [-0.3, -0.25) is 4.79 Å². The molecular weight excluding hydrogens is 250 g/mol. The Morgan fingerprint density at radius 1 is 1.40 bits per heavy atom. The molecule has 1 amide bonds. The highest BCUT2D eigenvalue weighted by Crippen LogP contribution is 2.31. The van der Waals surface area contributed by atoms with E-state index in [0.717, 1.165) is 24.8 Å². The minimum atomic E-state index is -0.439. The number of hydrogen-bond acceptors (Lipinski definition) is 3. The second-order valence-corrected chi connectivity index (χ2v) is 5.99. The van der Waals surface area contributed by atoms with Crippen LogP contribution in [0.15, 0.2) is 18.2 Å². The molecule has 1 aromatic carbocycles. The Labute approximate surface area is 120 Å². The number of nitrogen functional groups attached to an aromatic ring is 1. The first-order valence-electron chi connectivity index (χ1n) is 7.50. The van der Waals surface area contributed by atoms with Gasteiger partial charge in [0.15, 0.2) is 0 Å². The van der Waals surface area contributed by atoms with Gasteiger partial charge in [0, 0.05) is 6.54 Å². The van der Waals surface area contributed by atoms with E-state index in [0.29, 0.717) is 16.9 Å². The predicted octanol–water partition coefficient (Wildman–Crippen LogP) is 3.00. The molecule has 4 nitrogen and oxygen atoms in total. The minimum Gasteiger partial charge on any atom is -0.397 e. The Hall–Kier alpha value is -1.71. The fourth-order valence-electron chi connectivity index (χ4n) is 3.20. The molecular formula is C16H25N3O. The van der Waals surface area contributed by atoms with Crippen LogP contribution >= 0.6 is 0 Å². The third-order valence-corrected chi connectivity index (χ3v) is 4.26. The average Bonchev–Trinajstić information content (AvgIpc) is 2.40. The second kappa shape index (κ2) is 6.64. The van der Waals surface area contributed by atoms with Crippen molar-refractivity contribution >= 4 is 17.3 Å². The Morgan fingerprint density at radius 3 is 2.90 bits per heavy atom. The molecule has 0 bridgehead atoms. The lowest BCUT2D eigenvalue weighted by atomic mass is 9.81. The highest BCUT2D eigenvalue weighted by Gasteiger charge is 2.18. The molecule has 5 N–H and O–H groups in total. The van der Waals surface area contributed by atoms with E-state index in [1.807, 2.05) is 0 Å². The van der Waals surface area contributed by atoms with Gasteiger partial charge in [0.05, 0.1) is 16.9 Å². The van der Waals surface area contributed by atoms with Gasteiger partial charge in [0.25, 0.3) is 5.91 Å².